The molecule has 2 aliphatic heterocycles. The lowest BCUT2D eigenvalue weighted by atomic mass is 9.90. The summed E-state index contributed by atoms with van der Waals surface area (Å²) in [6.07, 6.45) is 4.28. The van der Waals surface area contributed by atoms with Crippen molar-refractivity contribution in [3.8, 4) is 5.75 Å². The molecule has 2 aromatic rings. The van der Waals surface area contributed by atoms with Crippen LogP contribution >= 0.6 is 0 Å². The molecule has 32 heavy (non-hydrogen) atoms. The maximum Gasteiger partial charge on any atom is 0.255 e. The van der Waals surface area contributed by atoms with Gasteiger partial charge in [-0.2, -0.15) is 0 Å². The Balaban J connectivity index is 1.36. The number of carbonyl (C=O) groups excluding carboxylic acids is 2. The largest absolute Gasteiger partial charge is 0.497 e. The first-order valence-electron chi connectivity index (χ1n) is 11.6. The summed E-state index contributed by atoms with van der Waals surface area (Å²) in [6, 6.07) is 6.35. The zero-order valence-electron chi connectivity index (χ0n) is 19.8. The monoisotopic (exact) mass is 441 g/mol. The van der Waals surface area contributed by atoms with Crippen molar-refractivity contribution < 1.29 is 18.7 Å². The molecule has 174 valence electrons. The van der Waals surface area contributed by atoms with Crippen molar-refractivity contribution in [1.82, 2.24) is 15.5 Å². The van der Waals surface area contributed by atoms with Gasteiger partial charge in [-0.15, -0.1) is 0 Å². The van der Waals surface area contributed by atoms with E-state index in [0.29, 0.717) is 53.7 Å². The van der Waals surface area contributed by atoms with Crippen LogP contribution in [0.3, 0.4) is 0 Å². The minimum Gasteiger partial charge on any atom is -0.497 e. The van der Waals surface area contributed by atoms with Gasteiger partial charge in [0.25, 0.3) is 5.91 Å². The Kier molecular flexibility index (Phi) is 6.21. The van der Waals surface area contributed by atoms with Crippen LogP contribution in [0, 0.1) is 12.8 Å². The summed E-state index contributed by atoms with van der Waals surface area (Å²) < 4.78 is 11.1. The van der Waals surface area contributed by atoms with Crippen LogP contribution in [0.1, 0.15) is 62.6 Å². The number of ether oxygens (including phenoxy) is 1. The fraction of sp³-hybridized carbons (Fsp3) is 0.600. The molecule has 7 nitrogen and oxygen atoms in total. The van der Waals surface area contributed by atoms with Crippen molar-refractivity contribution >= 4 is 22.8 Å². The maximum absolute atomic E-state index is 13.0. The van der Waals surface area contributed by atoms with E-state index < -0.39 is 0 Å². The van der Waals surface area contributed by atoms with Gasteiger partial charge in [0.05, 0.1) is 19.2 Å². The molecular weight excluding hydrogens is 406 g/mol. The van der Waals surface area contributed by atoms with E-state index in [-0.39, 0.29) is 17.4 Å². The maximum atomic E-state index is 13.0. The Morgan fingerprint density at radius 2 is 1.88 bits per heavy atom. The quantitative estimate of drug-likeness (QED) is 0.715. The molecule has 0 saturated carbocycles. The average Bonchev–Trinajstić information content (AvgIpc) is 3.14. The van der Waals surface area contributed by atoms with E-state index in [2.05, 4.69) is 15.5 Å². The molecule has 0 aliphatic carbocycles. The first kappa shape index (κ1) is 22.6. The van der Waals surface area contributed by atoms with Crippen LogP contribution in [0.25, 0.3) is 11.0 Å². The number of aryl methyl sites for hydroxylation is 1. The van der Waals surface area contributed by atoms with E-state index in [4.69, 9.17) is 9.15 Å². The molecule has 2 aliphatic rings. The van der Waals surface area contributed by atoms with E-state index in [1.54, 1.807) is 7.11 Å². The molecule has 2 N–H and O–H groups in total. The molecule has 2 bridgehead atoms. The van der Waals surface area contributed by atoms with E-state index in [9.17, 15) is 9.59 Å². The predicted octanol–water partition coefficient (Wildman–Crippen LogP) is 3.64. The number of hydrogen-bond acceptors (Lipinski definition) is 5. The third-order valence-corrected chi connectivity index (χ3v) is 6.67. The molecule has 0 radical (unpaired) electrons. The highest BCUT2D eigenvalue weighted by Crippen LogP contribution is 2.38. The van der Waals surface area contributed by atoms with Gasteiger partial charge in [0, 0.05) is 29.6 Å². The third kappa shape index (κ3) is 4.77. The molecule has 0 spiro atoms. The summed E-state index contributed by atoms with van der Waals surface area (Å²) >= 11 is 0. The molecular formula is C25H35N3O4. The Bertz CT molecular complexity index is 993. The molecule has 3 heterocycles. The highest BCUT2D eigenvalue weighted by atomic mass is 16.5. The van der Waals surface area contributed by atoms with Gasteiger partial charge in [-0.1, -0.05) is 0 Å². The standard InChI is InChI=1S/C25H35N3O4/c1-15-23(20-12-19(31-5)8-9-21(20)32-15)24(30)26-13-16-10-17-6-7-18(11-16)28(17)14-22(29)27-25(2,3)4/h8-9,12,16-18H,6-7,10-11,13-14H2,1-5H3,(H,26,30)(H,27,29). The number of piperidine rings is 1. The molecule has 1 aromatic carbocycles. The third-order valence-electron chi connectivity index (χ3n) is 6.67. The van der Waals surface area contributed by atoms with Crippen LogP contribution in [0.2, 0.25) is 0 Å². The molecule has 2 amide bonds. The second-order valence-electron chi connectivity index (χ2n) is 10.3. The fourth-order valence-electron chi connectivity index (χ4n) is 5.37. The van der Waals surface area contributed by atoms with Crippen LogP contribution in [0.5, 0.6) is 5.75 Å². The molecule has 4 rings (SSSR count). The van der Waals surface area contributed by atoms with Gasteiger partial charge in [-0.3, -0.25) is 14.5 Å². The number of methoxy groups -OCH3 is 1. The number of benzene rings is 1. The van der Waals surface area contributed by atoms with Crippen molar-refractivity contribution in [1.29, 1.82) is 0 Å². The van der Waals surface area contributed by atoms with E-state index in [1.165, 1.54) is 0 Å². The summed E-state index contributed by atoms with van der Waals surface area (Å²) in [5.74, 6) is 1.73. The Morgan fingerprint density at radius 1 is 1.19 bits per heavy atom. The molecule has 1 aromatic heterocycles. The summed E-state index contributed by atoms with van der Waals surface area (Å²) in [5.41, 5.74) is 1.06. The average molecular weight is 442 g/mol. The van der Waals surface area contributed by atoms with Crippen molar-refractivity contribution in [3.05, 3.63) is 29.5 Å². The van der Waals surface area contributed by atoms with Gasteiger partial charge in [0.2, 0.25) is 5.91 Å². The predicted molar refractivity (Wildman–Crippen MR) is 124 cm³/mol. The van der Waals surface area contributed by atoms with Crippen LogP contribution in [-0.4, -0.2) is 54.5 Å². The number of carbonyl (C=O) groups is 2. The van der Waals surface area contributed by atoms with Crippen LogP contribution in [0.4, 0.5) is 0 Å². The summed E-state index contributed by atoms with van der Waals surface area (Å²) in [7, 11) is 1.61. The summed E-state index contributed by atoms with van der Waals surface area (Å²) in [4.78, 5) is 27.8. The number of furan rings is 1. The smallest absolute Gasteiger partial charge is 0.255 e. The minimum atomic E-state index is -0.210. The van der Waals surface area contributed by atoms with E-state index in [1.807, 2.05) is 45.9 Å². The molecule has 7 heteroatoms. The second-order valence-corrected chi connectivity index (χ2v) is 10.3. The number of nitrogens with one attached hydrogen (secondary N) is 2. The fourth-order valence-corrected chi connectivity index (χ4v) is 5.37. The SMILES string of the molecule is COc1ccc2oc(C)c(C(=O)NCC3CC4CCC(C3)N4CC(=O)NC(C)(C)C)c2c1. The van der Waals surface area contributed by atoms with Crippen molar-refractivity contribution in [2.24, 2.45) is 5.92 Å². The highest BCUT2D eigenvalue weighted by Gasteiger charge is 2.41. The van der Waals surface area contributed by atoms with Gasteiger partial charge in [-0.25, -0.2) is 0 Å². The topological polar surface area (TPSA) is 83.8 Å². The Morgan fingerprint density at radius 3 is 2.50 bits per heavy atom. The highest BCUT2D eigenvalue weighted by molar-refractivity contribution is 6.07. The lowest BCUT2D eigenvalue weighted by Crippen LogP contribution is -2.52. The zero-order valence-corrected chi connectivity index (χ0v) is 19.8. The van der Waals surface area contributed by atoms with Crippen LogP contribution in [-0.2, 0) is 4.79 Å². The van der Waals surface area contributed by atoms with E-state index in [0.717, 1.165) is 31.1 Å². The summed E-state index contributed by atoms with van der Waals surface area (Å²) in [6.45, 7) is 8.96. The van der Waals surface area contributed by atoms with Gasteiger partial charge in [0.1, 0.15) is 17.1 Å². The zero-order chi connectivity index (χ0) is 23.0. The van der Waals surface area contributed by atoms with Gasteiger partial charge < -0.3 is 19.8 Å². The molecule has 2 saturated heterocycles. The normalized spacial score (nSPS) is 23.3. The van der Waals surface area contributed by atoms with Crippen LogP contribution in [0.15, 0.2) is 22.6 Å². The number of nitrogens with zero attached hydrogens (tertiary/aromatic N) is 1. The molecule has 2 fully saturated rings. The van der Waals surface area contributed by atoms with Crippen LogP contribution < -0.4 is 15.4 Å². The number of rotatable bonds is 6. The lowest BCUT2D eigenvalue weighted by Gasteiger charge is -2.39. The first-order chi connectivity index (χ1) is 15.1. The van der Waals surface area contributed by atoms with Gasteiger partial charge >= 0.3 is 0 Å². The summed E-state index contributed by atoms with van der Waals surface area (Å²) in [5, 5.41) is 7.00. The first-order valence-corrected chi connectivity index (χ1v) is 11.6. The minimum absolute atomic E-state index is 0.0962. The Labute approximate surface area is 189 Å². The number of hydrogen-bond donors (Lipinski definition) is 2. The van der Waals surface area contributed by atoms with Gasteiger partial charge in [0.15, 0.2) is 0 Å². The Hall–Kier alpha value is -2.54. The number of amides is 2. The van der Waals surface area contributed by atoms with Crippen molar-refractivity contribution in [2.75, 3.05) is 20.2 Å². The molecule has 2 atom stereocenters. The van der Waals surface area contributed by atoms with Crippen molar-refractivity contribution in [3.63, 3.8) is 0 Å². The second kappa shape index (κ2) is 8.77. The van der Waals surface area contributed by atoms with E-state index >= 15 is 0 Å². The molecule has 2 unspecified atom stereocenters. The van der Waals surface area contributed by atoms with Gasteiger partial charge in [-0.05, 0) is 77.5 Å². The lowest BCUT2D eigenvalue weighted by molar-refractivity contribution is -0.125. The number of fused-ring (bicyclic) bond motifs is 3. The van der Waals surface area contributed by atoms with Crippen molar-refractivity contribution in [2.45, 2.75) is 71.0 Å².